The summed E-state index contributed by atoms with van der Waals surface area (Å²) in [6.45, 7) is 4.07. The molecule has 0 aliphatic rings. The number of rotatable bonds is 9. The van der Waals surface area contributed by atoms with Crippen LogP contribution < -0.4 is 15.2 Å². The van der Waals surface area contributed by atoms with Crippen molar-refractivity contribution in [3.05, 3.63) is 23.8 Å². The van der Waals surface area contributed by atoms with Crippen molar-refractivity contribution in [2.75, 3.05) is 40.6 Å². The van der Waals surface area contributed by atoms with Crippen LogP contribution in [0.5, 0.6) is 11.5 Å². The third-order valence-electron chi connectivity index (χ3n) is 2.63. The van der Waals surface area contributed by atoms with E-state index in [0.717, 1.165) is 5.56 Å². The fraction of sp³-hybridized carbons (Fsp3) is 0.571. The van der Waals surface area contributed by atoms with E-state index in [4.69, 9.17) is 24.7 Å². The van der Waals surface area contributed by atoms with Crippen LogP contribution in [0.25, 0.3) is 0 Å². The third kappa shape index (κ3) is 5.46. The molecule has 0 saturated heterocycles. The highest BCUT2D eigenvalue weighted by Gasteiger charge is 2.07. The summed E-state index contributed by atoms with van der Waals surface area (Å²) in [6.07, 6.45) is 0. The molecule has 1 aromatic rings. The first-order valence-electron chi connectivity index (χ1n) is 6.32. The molecule has 0 fully saturated rings. The number of ether oxygens (including phenoxy) is 4. The summed E-state index contributed by atoms with van der Waals surface area (Å²) < 4.78 is 21.1. The molecular weight excluding hydrogens is 246 g/mol. The molecule has 5 nitrogen and oxygen atoms in total. The van der Waals surface area contributed by atoms with E-state index in [1.807, 2.05) is 25.1 Å². The lowest BCUT2D eigenvalue weighted by Gasteiger charge is -2.13. The minimum Gasteiger partial charge on any atom is -0.493 e. The number of nitrogens with two attached hydrogens (primary N) is 1. The molecule has 0 spiro atoms. The van der Waals surface area contributed by atoms with Crippen molar-refractivity contribution in [3.8, 4) is 11.5 Å². The molecule has 0 aliphatic carbocycles. The predicted octanol–water partition coefficient (Wildman–Crippen LogP) is 1.76. The van der Waals surface area contributed by atoms with Crippen molar-refractivity contribution in [3.63, 3.8) is 0 Å². The molecule has 19 heavy (non-hydrogen) atoms. The van der Waals surface area contributed by atoms with Gasteiger partial charge in [-0.05, 0) is 24.6 Å². The van der Waals surface area contributed by atoms with Gasteiger partial charge in [0.15, 0.2) is 11.5 Å². The van der Waals surface area contributed by atoms with E-state index in [-0.39, 0.29) is 6.04 Å². The zero-order valence-corrected chi connectivity index (χ0v) is 11.8. The molecule has 1 rings (SSSR count). The van der Waals surface area contributed by atoms with Gasteiger partial charge in [-0.1, -0.05) is 6.07 Å². The van der Waals surface area contributed by atoms with Gasteiger partial charge in [0.05, 0.1) is 26.9 Å². The quantitative estimate of drug-likeness (QED) is 0.692. The second-order valence-electron chi connectivity index (χ2n) is 4.15. The minimum absolute atomic E-state index is 0.0275. The van der Waals surface area contributed by atoms with E-state index in [1.165, 1.54) is 0 Å². The maximum absolute atomic E-state index is 5.83. The van der Waals surface area contributed by atoms with Crippen molar-refractivity contribution in [2.24, 2.45) is 5.73 Å². The predicted molar refractivity (Wildman–Crippen MR) is 73.8 cm³/mol. The minimum atomic E-state index is -0.0275. The van der Waals surface area contributed by atoms with Crippen molar-refractivity contribution in [1.29, 1.82) is 0 Å². The van der Waals surface area contributed by atoms with Crippen LogP contribution in [-0.4, -0.2) is 40.6 Å². The zero-order chi connectivity index (χ0) is 14.1. The van der Waals surface area contributed by atoms with Crippen LogP contribution in [0.4, 0.5) is 0 Å². The van der Waals surface area contributed by atoms with Gasteiger partial charge in [-0.15, -0.1) is 0 Å². The van der Waals surface area contributed by atoms with E-state index in [9.17, 15) is 0 Å². The topological polar surface area (TPSA) is 62.9 Å². The summed E-state index contributed by atoms with van der Waals surface area (Å²) in [7, 11) is 3.26. The van der Waals surface area contributed by atoms with Gasteiger partial charge in [0.2, 0.25) is 0 Å². The molecule has 0 bridgehead atoms. The third-order valence-corrected chi connectivity index (χ3v) is 2.63. The molecule has 0 aliphatic heterocycles. The lowest BCUT2D eigenvalue weighted by atomic mass is 10.1. The van der Waals surface area contributed by atoms with Crippen LogP contribution in [0.2, 0.25) is 0 Å². The summed E-state index contributed by atoms with van der Waals surface area (Å²) >= 11 is 0. The molecule has 108 valence electrons. The van der Waals surface area contributed by atoms with Crippen LogP contribution in [0, 0.1) is 0 Å². The summed E-state index contributed by atoms with van der Waals surface area (Å²) in [5, 5.41) is 0. The highest BCUT2D eigenvalue weighted by molar-refractivity contribution is 5.43. The van der Waals surface area contributed by atoms with Gasteiger partial charge in [-0.3, -0.25) is 0 Å². The smallest absolute Gasteiger partial charge is 0.161 e. The first kappa shape index (κ1) is 15.8. The van der Waals surface area contributed by atoms with Crippen molar-refractivity contribution in [2.45, 2.75) is 13.0 Å². The van der Waals surface area contributed by atoms with E-state index in [1.54, 1.807) is 14.2 Å². The van der Waals surface area contributed by atoms with Crippen LogP contribution in [0.1, 0.15) is 18.5 Å². The Bertz CT molecular complexity index is 368. The van der Waals surface area contributed by atoms with E-state index >= 15 is 0 Å². The molecule has 1 aromatic carbocycles. The van der Waals surface area contributed by atoms with E-state index < -0.39 is 0 Å². The van der Waals surface area contributed by atoms with Gasteiger partial charge < -0.3 is 24.7 Å². The molecule has 5 heteroatoms. The molecule has 0 aromatic heterocycles. The van der Waals surface area contributed by atoms with Crippen LogP contribution in [0.15, 0.2) is 18.2 Å². The Hall–Kier alpha value is -1.30. The average Bonchev–Trinajstić information content (AvgIpc) is 2.42. The lowest BCUT2D eigenvalue weighted by Crippen LogP contribution is -2.11. The van der Waals surface area contributed by atoms with E-state index in [2.05, 4.69) is 0 Å². The van der Waals surface area contributed by atoms with Gasteiger partial charge in [0, 0.05) is 13.2 Å². The second-order valence-corrected chi connectivity index (χ2v) is 4.15. The number of hydrogen-bond acceptors (Lipinski definition) is 5. The summed E-state index contributed by atoms with van der Waals surface area (Å²) in [5.41, 5.74) is 6.84. The van der Waals surface area contributed by atoms with Crippen LogP contribution in [0.3, 0.4) is 0 Å². The van der Waals surface area contributed by atoms with Gasteiger partial charge in [-0.2, -0.15) is 0 Å². The molecule has 1 unspecified atom stereocenters. The zero-order valence-electron chi connectivity index (χ0n) is 11.8. The SMILES string of the molecule is COCCOCCOc1ccc(C(C)N)cc1OC. The fourth-order valence-electron chi connectivity index (χ4n) is 1.54. The maximum Gasteiger partial charge on any atom is 0.161 e. The Labute approximate surface area is 114 Å². The van der Waals surface area contributed by atoms with Crippen LogP contribution >= 0.6 is 0 Å². The fourth-order valence-corrected chi connectivity index (χ4v) is 1.54. The molecule has 1 atom stereocenters. The second kappa shape index (κ2) is 8.74. The van der Waals surface area contributed by atoms with Crippen molar-refractivity contribution >= 4 is 0 Å². The lowest BCUT2D eigenvalue weighted by molar-refractivity contribution is 0.0540. The number of methoxy groups -OCH3 is 2. The van der Waals surface area contributed by atoms with Crippen molar-refractivity contribution in [1.82, 2.24) is 0 Å². The van der Waals surface area contributed by atoms with Crippen LogP contribution in [-0.2, 0) is 9.47 Å². The standard InChI is InChI=1S/C14H23NO4/c1-11(15)12-4-5-13(14(10-12)17-3)19-9-8-18-7-6-16-2/h4-5,10-11H,6-9,15H2,1-3H3. The average molecular weight is 269 g/mol. The van der Waals surface area contributed by atoms with E-state index in [0.29, 0.717) is 37.9 Å². The summed E-state index contributed by atoms with van der Waals surface area (Å²) in [4.78, 5) is 0. The Morgan fingerprint density at radius 2 is 1.79 bits per heavy atom. The molecule has 0 radical (unpaired) electrons. The first-order chi connectivity index (χ1) is 9.19. The first-order valence-corrected chi connectivity index (χ1v) is 6.32. The normalized spacial score (nSPS) is 12.2. The number of benzene rings is 1. The maximum atomic E-state index is 5.83. The monoisotopic (exact) mass is 269 g/mol. The van der Waals surface area contributed by atoms with Gasteiger partial charge in [0.25, 0.3) is 0 Å². The molecule has 2 N–H and O–H groups in total. The molecular formula is C14H23NO4. The van der Waals surface area contributed by atoms with Gasteiger partial charge >= 0.3 is 0 Å². The Kier molecular flexibility index (Phi) is 7.25. The largest absolute Gasteiger partial charge is 0.493 e. The van der Waals surface area contributed by atoms with Crippen molar-refractivity contribution < 1.29 is 18.9 Å². The van der Waals surface area contributed by atoms with Gasteiger partial charge in [-0.25, -0.2) is 0 Å². The Balaban J connectivity index is 2.44. The Morgan fingerprint density at radius 3 is 2.42 bits per heavy atom. The van der Waals surface area contributed by atoms with Gasteiger partial charge in [0.1, 0.15) is 6.61 Å². The highest BCUT2D eigenvalue weighted by atomic mass is 16.5. The highest BCUT2D eigenvalue weighted by Crippen LogP contribution is 2.29. The summed E-state index contributed by atoms with van der Waals surface area (Å²) in [6, 6.07) is 5.67. The Morgan fingerprint density at radius 1 is 1.05 bits per heavy atom. The number of hydrogen-bond donors (Lipinski definition) is 1. The molecule has 0 amide bonds. The molecule has 0 saturated carbocycles. The molecule has 0 heterocycles. The summed E-state index contributed by atoms with van der Waals surface area (Å²) in [5.74, 6) is 1.38.